The molecule has 1 atom stereocenters. The highest BCUT2D eigenvalue weighted by molar-refractivity contribution is 6.11. The molecule has 3 heterocycles. The van der Waals surface area contributed by atoms with E-state index >= 15 is 0 Å². The first-order valence-corrected chi connectivity index (χ1v) is 11.6. The average Bonchev–Trinajstić information content (AvgIpc) is 3.50. The van der Waals surface area contributed by atoms with Gasteiger partial charge in [0.1, 0.15) is 11.3 Å². The minimum atomic E-state index is -1.19. The number of urea groups is 1. The van der Waals surface area contributed by atoms with Gasteiger partial charge < -0.3 is 24.1 Å². The Morgan fingerprint density at radius 2 is 1.83 bits per heavy atom. The topological polar surface area (TPSA) is 99.1 Å². The van der Waals surface area contributed by atoms with Gasteiger partial charge in [-0.15, -0.1) is 0 Å². The van der Waals surface area contributed by atoms with Crippen molar-refractivity contribution in [3.8, 4) is 22.9 Å². The summed E-state index contributed by atoms with van der Waals surface area (Å²) < 4.78 is 18.2. The van der Waals surface area contributed by atoms with Crippen molar-refractivity contribution < 1.29 is 28.6 Å². The molecule has 9 heteroatoms. The fourth-order valence-electron chi connectivity index (χ4n) is 4.94. The van der Waals surface area contributed by atoms with E-state index in [1.54, 1.807) is 26.2 Å². The maximum absolute atomic E-state index is 13.3. The number of Topliss-reactive ketones (excluding diaryl/α,β-unsaturated/α-hetero) is 1. The van der Waals surface area contributed by atoms with Gasteiger partial charge in [-0.3, -0.25) is 14.5 Å². The molecule has 2 aromatic carbocycles. The summed E-state index contributed by atoms with van der Waals surface area (Å²) in [4.78, 5) is 40.4. The van der Waals surface area contributed by atoms with E-state index in [0.29, 0.717) is 28.5 Å². The fourth-order valence-corrected chi connectivity index (χ4v) is 4.94. The first-order valence-electron chi connectivity index (χ1n) is 11.6. The highest BCUT2D eigenvalue weighted by Gasteiger charge is 2.48. The highest BCUT2D eigenvalue weighted by atomic mass is 16.7. The number of hydrogen-bond donors (Lipinski definition) is 1. The number of fused-ring (bicyclic) bond motifs is 1. The molecule has 0 saturated carbocycles. The molecule has 2 aliphatic rings. The van der Waals surface area contributed by atoms with Crippen molar-refractivity contribution in [2.45, 2.75) is 32.7 Å². The number of ketones is 1. The third-order valence-electron chi connectivity index (χ3n) is 6.73. The van der Waals surface area contributed by atoms with Crippen LogP contribution in [0.3, 0.4) is 0 Å². The molecule has 3 aromatic rings. The lowest BCUT2D eigenvalue weighted by molar-refractivity contribution is -0.130. The summed E-state index contributed by atoms with van der Waals surface area (Å²) in [6.07, 6.45) is 0.241. The van der Waals surface area contributed by atoms with E-state index in [1.807, 2.05) is 54.8 Å². The second-order valence-corrected chi connectivity index (χ2v) is 9.22. The molecule has 3 amide bonds. The number of benzene rings is 2. The molecule has 0 spiro atoms. The van der Waals surface area contributed by atoms with Crippen LogP contribution in [0, 0.1) is 13.8 Å². The van der Waals surface area contributed by atoms with Gasteiger partial charge in [0.05, 0.1) is 13.7 Å². The number of aromatic nitrogens is 1. The van der Waals surface area contributed by atoms with Crippen molar-refractivity contribution in [3.63, 3.8) is 0 Å². The highest BCUT2D eigenvalue weighted by Crippen LogP contribution is 2.35. The number of rotatable bonds is 7. The first kappa shape index (κ1) is 23.5. The van der Waals surface area contributed by atoms with E-state index in [9.17, 15) is 14.4 Å². The zero-order valence-corrected chi connectivity index (χ0v) is 20.6. The maximum Gasteiger partial charge on any atom is 0.325 e. The van der Waals surface area contributed by atoms with Gasteiger partial charge in [-0.2, -0.15) is 0 Å². The molecule has 1 aromatic heterocycles. The number of imide groups is 1. The minimum absolute atomic E-state index is 0.175. The molecule has 1 fully saturated rings. The Morgan fingerprint density at radius 1 is 1.08 bits per heavy atom. The Bertz CT molecular complexity index is 1390. The van der Waals surface area contributed by atoms with E-state index in [0.717, 1.165) is 21.8 Å². The summed E-state index contributed by atoms with van der Waals surface area (Å²) in [5.74, 6) is 1.18. The van der Waals surface area contributed by atoms with Crippen LogP contribution in [0.25, 0.3) is 5.69 Å². The maximum atomic E-state index is 13.3. The van der Waals surface area contributed by atoms with E-state index in [4.69, 9.17) is 14.2 Å². The van der Waals surface area contributed by atoms with E-state index in [2.05, 4.69) is 5.32 Å². The number of amides is 3. The molecule has 186 valence electrons. The normalized spacial score (nSPS) is 18.5. The van der Waals surface area contributed by atoms with Gasteiger partial charge in [0.25, 0.3) is 5.91 Å². The lowest BCUT2D eigenvalue weighted by atomic mass is 9.92. The predicted molar refractivity (Wildman–Crippen MR) is 131 cm³/mol. The molecule has 1 N–H and O–H groups in total. The monoisotopic (exact) mass is 489 g/mol. The third-order valence-corrected chi connectivity index (χ3v) is 6.73. The predicted octanol–water partition coefficient (Wildman–Crippen LogP) is 3.57. The van der Waals surface area contributed by atoms with Gasteiger partial charge in [0.2, 0.25) is 6.79 Å². The van der Waals surface area contributed by atoms with Crippen LogP contribution in [0.2, 0.25) is 0 Å². The molecular formula is C27H27N3O6. The first-order chi connectivity index (χ1) is 17.2. The standard InChI is InChI=1S/C27H27N3O6/c1-16-11-20(17(2)30(16)19-9-10-23-24(12-19)36-15-35-23)21(31)14-29-25(32)27(3,28-26(29)33)13-18-7-5-6-8-22(18)34-4/h5-12H,13-15H2,1-4H3,(H,28,33). The average molecular weight is 490 g/mol. The van der Waals surface area contributed by atoms with Gasteiger partial charge in [-0.05, 0) is 50.6 Å². The second kappa shape index (κ2) is 8.75. The Hall–Kier alpha value is -4.27. The van der Waals surface area contributed by atoms with Crippen LogP contribution in [-0.2, 0) is 11.2 Å². The Kier molecular flexibility index (Phi) is 5.70. The number of aryl methyl sites for hydroxylation is 1. The Labute approximate surface area is 208 Å². The number of ether oxygens (including phenoxy) is 3. The summed E-state index contributed by atoms with van der Waals surface area (Å²) in [5, 5.41) is 2.77. The molecular weight excluding hydrogens is 462 g/mol. The van der Waals surface area contributed by atoms with Gasteiger partial charge >= 0.3 is 6.03 Å². The number of methoxy groups -OCH3 is 1. The number of carbonyl (C=O) groups excluding carboxylic acids is 3. The summed E-state index contributed by atoms with van der Waals surface area (Å²) in [6.45, 7) is 5.22. The second-order valence-electron chi connectivity index (χ2n) is 9.22. The van der Waals surface area contributed by atoms with Crippen molar-refractivity contribution in [2.24, 2.45) is 0 Å². The minimum Gasteiger partial charge on any atom is -0.496 e. The molecule has 36 heavy (non-hydrogen) atoms. The Balaban J connectivity index is 1.37. The van der Waals surface area contributed by atoms with Crippen LogP contribution in [0.1, 0.15) is 34.2 Å². The Morgan fingerprint density at radius 3 is 2.61 bits per heavy atom. The van der Waals surface area contributed by atoms with Crippen molar-refractivity contribution in [2.75, 3.05) is 20.4 Å². The lowest BCUT2D eigenvalue weighted by Gasteiger charge is -2.22. The van der Waals surface area contributed by atoms with Crippen LogP contribution < -0.4 is 19.5 Å². The van der Waals surface area contributed by atoms with E-state index in [1.165, 1.54) is 0 Å². The van der Waals surface area contributed by atoms with Gasteiger partial charge in [0.15, 0.2) is 17.3 Å². The summed E-state index contributed by atoms with van der Waals surface area (Å²) in [5.41, 5.74) is 2.43. The summed E-state index contributed by atoms with van der Waals surface area (Å²) in [7, 11) is 1.56. The van der Waals surface area contributed by atoms with Gasteiger partial charge in [-0.1, -0.05) is 18.2 Å². The van der Waals surface area contributed by atoms with Crippen LogP contribution in [0.5, 0.6) is 17.2 Å². The molecule has 0 bridgehead atoms. The molecule has 1 unspecified atom stereocenters. The molecule has 0 radical (unpaired) electrons. The number of nitrogens with one attached hydrogen (secondary N) is 1. The summed E-state index contributed by atoms with van der Waals surface area (Å²) >= 11 is 0. The van der Waals surface area contributed by atoms with Crippen molar-refractivity contribution in [3.05, 3.63) is 71.0 Å². The fraction of sp³-hybridized carbons (Fsp3) is 0.296. The molecule has 9 nitrogen and oxygen atoms in total. The summed E-state index contributed by atoms with van der Waals surface area (Å²) in [6, 6.07) is 14.1. The lowest BCUT2D eigenvalue weighted by Crippen LogP contribution is -2.46. The smallest absolute Gasteiger partial charge is 0.325 e. The number of para-hydroxylation sites is 1. The number of hydrogen-bond acceptors (Lipinski definition) is 6. The van der Waals surface area contributed by atoms with E-state index in [-0.39, 0.29) is 25.5 Å². The van der Waals surface area contributed by atoms with Crippen molar-refractivity contribution in [1.29, 1.82) is 0 Å². The molecule has 5 rings (SSSR count). The molecule has 1 saturated heterocycles. The van der Waals surface area contributed by atoms with Crippen LogP contribution in [0.4, 0.5) is 4.79 Å². The van der Waals surface area contributed by atoms with Crippen molar-refractivity contribution in [1.82, 2.24) is 14.8 Å². The number of nitrogens with zero attached hydrogens (tertiary/aromatic N) is 2. The van der Waals surface area contributed by atoms with Crippen molar-refractivity contribution >= 4 is 17.7 Å². The van der Waals surface area contributed by atoms with Gasteiger partial charge in [-0.25, -0.2) is 4.79 Å². The molecule has 0 aliphatic carbocycles. The quantitative estimate of drug-likeness (QED) is 0.403. The number of carbonyl (C=O) groups is 3. The van der Waals surface area contributed by atoms with Crippen LogP contribution in [-0.4, -0.2) is 53.2 Å². The van der Waals surface area contributed by atoms with Crippen LogP contribution in [0.15, 0.2) is 48.5 Å². The van der Waals surface area contributed by atoms with Gasteiger partial charge in [0, 0.05) is 35.1 Å². The van der Waals surface area contributed by atoms with E-state index < -0.39 is 17.5 Å². The SMILES string of the molecule is COc1ccccc1CC1(C)NC(=O)N(CC(=O)c2cc(C)n(-c3ccc4c(c3)OCO4)c2C)C1=O. The third kappa shape index (κ3) is 3.86. The largest absolute Gasteiger partial charge is 0.496 e. The zero-order chi connectivity index (χ0) is 25.6. The van der Waals surface area contributed by atoms with Crippen LogP contribution >= 0.6 is 0 Å². The molecule has 2 aliphatic heterocycles. The zero-order valence-electron chi connectivity index (χ0n) is 20.6.